The van der Waals surface area contributed by atoms with E-state index in [1.807, 2.05) is 37.4 Å². The van der Waals surface area contributed by atoms with Crippen LogP contribution in [0.1, 0.15) is 5.56 Å². The molecule has 5 heteroatoms. The lowest BCUT2D eigenvalue weighted by atomic mass is 10.1. The number of anilines is 1. The minimum Gasteiger partial charge on any atom is -0.493 e. The lowest BCUT2D eigenvalue weighted by Crippen LogP contribution is -2.21. The summed E-state index contributed by atoms with van der Waals surface area (Å²) in [5.41, 5.74) is 2.18. The minimum atomic E-state index is 0.730. The molecule has 0 fully saturated rings. The van der Waals surface area contributed by atoms with E-state index in [2.05, 4.69) is 11.0 Å². The Kier molecular flexibility index (Phi) is 6.18. The predicted molar refractivity (Wildman–Crippen MR) is 96.1 cm³/mol. The quantitative estimate of drug-likeness (QED) is 0.741. The third-order valence-corrected chi connectivity index (χ3v) is 3.98. The van der Waals surface area contributed by atoms with E-state index in [-0.39, 0.29) is 0 Å². The minimum absolute atomic E-state index is 0.730. The zero-order valence-corrected chi connectivity index (χ0v) is 15.0. The van der Waals surface area contributed by atoms with Gasteiger partial charge in [0.05, 0.1) is 34.1 Å². The van der Waals surface area contributed by atoms with Crippen LogP contribution in [0.25, 0.3) is 0 Å². The van der Waals surface area contributed by atoms with Gasteiger partial charge in [0.15, 0.2) is 23.0 Å². The second kappa shape index (κ2) is 8.34. The van der Waals surface area contributed by atoms with Crippen molar-refractivity contribution in [1.29, 1.82) is 0 Å². The topological polar surface area (TPSA) is 40.2 Å². The predicted octanol–water partition coefficient (Wildman–Crippen LogP) is 3.40. The van der Waals surface area contributed by atoms with Crippen LogP contribution in [0.15, 0.2) is 36.4 Å². The molecule has 0 aliphatic rings. The van der Waals surface area contributed by atoms with E-state index in [9.17, 15) is 0 Å². The van der Waals surface area contributed by atoms with Crippen molar-refractivity contribution in [2.75, 3.05) is 46.9 Å². The number of benzene rings is 2. The number of hydrogen-bond acceptors (Lipinski definition) is 5. The van der Waals surface area contributed by atoms with Crippen molar-refractivity contribution in [2.24, 2.45) is 0 Å². The smallest absolute Gasteiger partial charge is 0.184 e. The molecule has 0 saturated carbocycles. The summed E-state index contributed by atoms with van der Waals surface area (Å²) in [6, 6.07) is 11.9. The largest absolute Gasteiger partial charge is 0.493 e. The summed E-state index contributed by atoms with van der Waals surface area (Å²) in [5.74, 6) is 2.96. The molecule has 0 bridgehead atoms. The number of para-hydroxylation sites is 1. The molecule has 0 N–H and O–H groups in total. The zero-order chi connectivity index (χ0) is 17.5. The molecule has 0 heterocycles. The molecule has 2 aromatic carbocycles. The van der Waals surface area contributed by atoms with Crippen molar-refractivity contribution in [2.45, 2.75) is 6.42 Å². The Bertz CT molecular complexity index is 672. The van der Waals surface area contributed by atoms with Crippen LogP contribution >= 0.6 is 0 Å². The van der Waals surface area contributed by atoms with E-state index in [0.717, 1.165) is 41.7 Å². The Balaban J connectivity index is 2.12. The van der Waals surface area contributed by atoms with Gasteiger partial charge in [0.25, 0.3) is 0 Å². The summed E-state index contributed by atoms with van der Waals surface area (Å²) < 4.78 is 21.5. The second-order valence-corrected chi connectivity index (χ2v) is 5.37. The Hall–Kier alpha value is -2.56. The molecule has 0 aromatic heterocycles. The van der Waals surface area contributed by atoms with Crippen molar-refractivity contribution in [3.63, 3.8) is 0 Å². The van der Waals surface area contributed by atoms with Gasteiger partial charge in [0.2, 0.25) is 0 Å². The first kappa shape index (κ1) is 17.8. The van der Waals surface area contributed by atoms with E-state index >= 15 is 0 Å². The van der Waals surface area contributed by atoms with Crippen LogP contribution in [-0.2, 0) is 6.42 Å². The number of methoxy groups -OCH3 is 4. The fraction of sp³-hybridized carbons (Fsp3) is 0.368. The van der Waals surface area contributed by atoms with Gasteiger partial charge in [-0.25, -0.2) is 0 Å². The monoisotopic (exact) mass is 331 g/mol. The van der Waals surface area contributed by atoms with Gasteiger partial charge >= 0.3 is 0 Å². The molecule has 0 atom stereocenters. The third kappa shape index (κ3) is 3.85. The van der Waals surface area contributed by atoms with Crippen molar-refractivity contribution in [1.82, 2.24) is 0 Å². The van der Waals surface area contributed by atoms with Gasteiger partial charge in [-0.3, -0.25) is 0 Å². The van der Waals surface area contributed by atoms with Crippen LogP contribution < -0.4 is 23.8 Å². The van der Waals surface area contributed by atoms with E-state index in [4.69, 9.17) is 18.9 Å². The molecule has 2 aromatic rings. The van der Waals surface area contributed by atoms with E-state index in [1.54, 1.807) is 28.4 Å². The number of nitrogens with zero attached hydrogens (tertiary/aromatic N) is 1. The average Bonchev–Trinajstić information content (AvgIpc) is 2.64. The lowest BCUT2D eigenvalue weighted by Gasteiger charge is -2.23. The molecule has 24 heavy (non-hydrogen) atoms. The molecule has 0 aliphatic heterocycles. The average molecular weight is 331 g/mol. The fourth-order valence-electron chi connectivity index (χ4n) is 2.62. The SMILES string of the molecule is COc1ccc(CCN(C)c2cccc(OC)c2OC)cc1OC. The summed E-state index contributed by atoms with van der Waals surface area (Å²) >= 11 is 0. The first-order valence-corrected chi connectivity index (χ1v) is 7.77. The van der Waals surface area contributed by atoms with E-state index in [0.29, 0.717) is 0 Å². The first-order valence-electron chi connectivity index (χ1n) is 7.77. The third-order valence-electron chi connectivity index (χ3n) is 3.98. The van der Waals surface area contributed by atoms with Crippen molar-refractivity contribution >= 4 is 5.69 Å². The first-order chi connectivity index (χ1) is 11.6. The molecule has 2 rings (SSSR count). The highest BCUT2D eigenvalue weighted by Gasteiger charge is 2.13. The van der Waals surface area contributed by atoms with Gasteiger partial charge in [0.1, 0.15) is 0 Å². The highest BCUT2D eigenvalue weighted by atomic mass is 16.5. The van der Waals surface area contributed by atoms with Gasteiger partial charge in [-0.1, -0.05) is 12.1 Å². The lowest BCUT2D eigenvalue weighted by molar-refractivity contribution is 0.354. The van der Waals surface area contributed by atoms with Crippen LogP contribution in [0.3, 0.4) is 0 Å². The van der Waals surface area contributed by atoms with Crippen molar-refractivity contribution < 1.29 is 18.9 Å². The molecule has 0 radical (unpaired) electrons. The molecule has 0 saturated heterocycles. The van der Waals surface area contributed by atoms with Crippen LogP contribution in [0.2, 0.25) is 0 Å². The number of hydrogen-bond donors (Lipinski definition) is 0. The van der Waals surface area contributed by atoms with Gasteiger partial charge in [0, 0.05) is 13.6 Å². The van der Waals surface area contributed by atoms with Crippen molar-refractivity contribution in [3.8, 4) is 23.0 Å². The summed E-state index contributed by atoms with van der Waals surface area (Å²) in [6.07, 6.45) is 0.872. The molecule has 0 spiro atoms. The Morgan fingerprint density at radius 1 is 0.792 bits per heavy atom. The second-order valence-electron chi connectivity index (χ2n) is 5.37. The van der Waals surface area contributed by atoms with Gasteiger partial charge in [-0.15, -0.1) is 0 Å². The molecule has 0 aliphatic carbocycles. The van der Waals surface area contributed by atoms with Crippen LogP contribution in [0.4, 0.5) is 5.69 Å². The fourth-order valence-corrected chi connectivity index (χ4v) is 2.62. The molecular weight excluding hydrogens is 306 g/mol. The van der Waals surface area contributed by atoms with Gasteiger partial charge in [-0.05, 0) is 36.2 Å². The normalized spacial score (nSPS) is 10.2. The highest BCUT2D eigenvalue weighted by Crippen LogP contribution is 2.36. The number of rotatable bonds is 8. The summed E-state index contributed by atoms with van der Waals surface area (Å²) in [5, 5.41) is 0. The van der Waals surface area contributed by atoms with Crippen LogP contribution in [-0.4, -0.2) is 42.0 Å². The van der Waals surface area contributed by atoms with Crippen LogP contribution in [0, 0.1) is 0 Å². The van der Waals surface area contributed by atoms with Crippen molar-refractivity contribution in [3.05, 3.63) is 42.0 Å². The van der Waals surface area contributed by atoms with E-state index in [1.165, 1.54) is 5.56 Å². The van der Waals surface area contributed by atoms with Gasteiger partial charge < -0.3 is 23.8 Å². The highest BCUT2D eigenvalue weighted by molar-refractivity contribution is 5.64. The summed E-state index contributed by atoms with van der Waals surface area (Å²) in [7, 11) is 8.63. The Labute approximate surface area is 143 Å². The maximum absolute atomic E-state index is 5.50. The maximum atomic E-state index is 5.50. The Morgan fingerprint density at radius 3 is 2.12 bits per heavy atom. The molecule has 0 amide bonds. The summed E-state index contributed by atoms with van der Waals surface area (Å²) in [4.78, 5) is 2.15. The number of ether oxygens (including phenoxy) is 4. The number of likely N-dealkylation sites (N-methyl/N-ethyl adjacent to an activating group) is 1. The molecule has 5 nitrogen and oxygen atoms in total. The molecule has 0 unspecified atom stereocenters. The molecule has 130 valence electrons. The molecular formula is C19H25NO4. The summed E-state index contributed by atoms with van der Waals surface area (Å²) in [6.45, 7) is 0.832. The zero-order valence-electron chi connectivity index (χ0n) is 15.0. The van der Waals surface area contributed by atoms with Gasteiger partial charge in [-0.2, -0.15) is 0 Å². The standard InChI is InChI=1S/C19H25NO4/c1-20(15-7-6-8-17(22-3)19(15)24-5)12-11-14-9-10-16(21-2)18(13-14)23-4/h6-10,13H,11-12H2,1-5H3. The maximum Gasteiger partial charge on any atom is 0.184 e. The van der Waals surface area contributed by atoms with E-state index < -0.39 is 0 Å². The Morgan fingerprint density at radius 2 is 1.50 bits per heavy atom. The van der Waals surface area contributed by atoms with Crippen LogP contribution in [0.5, 0.6) is 23.0 Å².